The first-order valence-corrected chi connectivity index (χ1v) is 11.9. The van der Waals surface area contributed by atoms with Gasteiger partial charge in [0.15, 0.2) is 5.11 Å². The Kier molecular flexibility index (Phi) is 6.74. The van der Waals surface area contributed by atoms with Gasteiger partial charge in [-0.1, -0.05) is 18.2 Å². The van der Waals surface area contributed by atoms with Crippen molar-refractivity contribution in [2.24, 2.45) is 0 Å². The van der Waals surface area contributed by atoms with Gasteiger partial charge < -0.3 is 24.1 Å². The molecule has 0 unspecified atom stereocenters. The lowest BCUT2D eigenvalue weighted by molar-refractivity contribution is -0.384. The number of rotatable bonds is 8. The van der Waals surface area contributed by atoms with E-state index >= 15 is 0 Å². The van der Waals surface area contributed by atoms with Crippen LogP contribution in [0.1, 0.15) is 29.1 Å². The fraction of sp³-hybridized carbons (Fsp3) is 0.185. The van der Waals surface area contributed by atoms with Gasteiger partial charge in [-0.2, -0.15) is 0 Å². The number of ether oxygens (including phenoxy) is 2. The van der Waals surface area contributed by atoms with Crippen LogP contribution in [0.4, 0.5) is 5.69 Å². The van der Waals surface area contributed by atoms with Crippen LogP contribution < -0.4 is 14.8 Å². The van der Waals surface area contributed by atoms with E-state index in [9.17, 15) is 10.1 Å². The third-order valence-corrected chi connectivity index (χ3v) is 6.64. The quantitative estimate of drug-likeness (QED) is 0.186. The molecule has 1 fully saturated rings. The molecule has 0 bridgehead atoms. The van der Waals surface area contributed by atoms with Crippen molar-refractivity contribution in [1.29, 1.82) is 0 Å². The van der Waals surface area contributed by atoms with Crippen LogP contribution in [0.3, 0.4) is 0 Å². The summed E-state index contributed by atoms with van der Waals surface area (Å²) in [6, 6.07) is 21.2. The van der Waals surface area contributed by atoms with Crippen LogP contribution in [-0.4, -0.2) is 34.1 Å². The first kappa shape index (κ1) is 24.3. The van der Waals surface area contributed by atoms with Gasteiger partial charge in [-0.3, -0.25) is 15.1 Å². The normalized spacial score (nSPS) is 16.9. The minimum absolute atomic E-state index is 0.0568. The topological polar surface area (TPSA) is 103 Å². The molecule has 0 amide bonds. The van der Waals surface area contributed by atoms with Crippen LogP contribution in [0.15, 0.2) is 83.4 Å². The van der Waals surface area contributed by atoms with E-state index in [2.05, 4.69) is 15.2 Å². The molecule has 0 saturated carbocycles. The summed E-state index contributed by atoms with van der Waals surface area (Å²) >= 11 is 5.76. The fourth-order valence-electron chi connectivity index (χ4n) is 4.47. The molecule has 37 heavy (non-hydrogen) atoms. The lowest BCUT2D eigenvalue weighted by Crippen LogP contribution is -2.29. The van der Waals surface area contributed by atoms with Gasteiger partial charge in [0.05, 0.1) is 42.5 Å². The number of aromatic nitrogens is 1. The van der Waals surface area contributed by atoms with E-state index < -0.39 is 4.92 Å². The lowest BCUT2D eigenvalue weighted by Gasteiger charge is -2.26. The monoisotopic (exact) mass is 516 g/mol. The Morgan fingerprint density at radius 3 is 2.57 bits per heavy atom. The number of non-ortho nitro benzene ring substituents is 1. The maximum absolute atomic E-state index is 11.2. The first-order valence-electron chi connectivity index (χ1n) is 11.5. The molecule has 0 spiro atoms. The Morgan fingerprint density at radius 2 is 1.89 bits per heavy atom. The van der Waals surface area contributed by atoms with E-state index in [4.69, 9.17) is 26.1 Å². The Bertz CT molecular complexity index is 1420. The predicted octanol–water partition coefficient (Wildman–Crippen LogP) is 5.44. The molecule has 2 atom stereocenters. The van der Waals surface area contributed by atoms with Crippen molar-refractivity contribution in [3.8, 4) is 22.8 Å². The van der Waals surface area contributed by atoms with Crippen LogP contribution in [-0.2, 0) is 6.54 Å². The molecule has 10 heteroatoms. The van der Waals surface area contributed by atoms with Crippen LogP contribution in [0.2, 0.25) is 0 Å². The number of nitro benzene ring substituents is 1. The van der Waals surface area contributed by atoms with E-state index in [-0.39, 0.29) is 17.8 Å². The van der Waals surface area contributed by atoms with Crippen molar-refractivity contribution >= 4 is 23.0 Å². The van der Waals surface area contributed by atoms with Crippen molar-refractivity contribution in [2.75, 3.05) is 14.2 Å². The van der Waals surface area contributed by atoms with Crippen LogP contribution in [0, 0.1) is 10.1 Å². The molecule has 1 aliphatic heterocycles. The van der Waals surface area contributed by atoms with Crippen LogP contribution >= 0.6 is 12.2 Å². The number of nitro groups is 1. The zero-order valence-corrected chi connectivity index (χ0v) is 21.0. The highest BCUT2D eigenvalue weighted by Crippen LogP contribution is 2.42. The summed E-state index contributed by atoms with van der Waals surface area (Å²) in [6.07, 6.45) is 1.75. The van der Waals surface area contributed by atoms with Crippen molar-refractivity contribution < 1.29 is 18.8 Å². The average molecular weight is 517 g/mol. The molecule has 1 aliphatic rings. The third kappa shape index (κ3) is 4.83. The molecule has 188 valence electrons. The molecule has 0 radical (unpaired) electrons. The number of hydrogen-bond donors (Lipinski definition) is 1. The second-order valence-corrected chi connectivity index (χ2v) is 8.83. The lowest BCUT2D eigenvalue weighted by atomic mass is 10.0. The fourth-order valence-corrected chi connectivity index (χ4v) is 4.77. The van der Waals surface area contributed by atoms with E-state index in [1.54, 1.807) is 19.4 Å². The number of furan rings is 1. The van der Waals surface area contributed by atoms with Gasteiger partial charge in [0, 0.05) is 18.8 Å². The minimum Gasteiger partial charge on any atom is -0.497 e. The van der Waals surface area contributed by atoms with Gasteiger partial charge in [-0.05, 0) is 60.2 Å². The van der Waals surface area contributed by atoms with E-state index in [0.717, 1.165) is 17.0 Å². The maximum Gasteiger partial charge on any atom is 0.273 e. The Balaban J connectivity index is 1.53. The molecule has 1 saturated heterocycles. The summed E-state index contributed by atoms with van der Waals surface area (Å²) in [5.41, 5.74) is 2.45. The highest BCUT2D eigenvalue weighted by Gasteiger charge is 2.41. The number of methoxy groups -OCH3 is 2. The molecule has 1 N–H and O–H groups in total. The van der Waals surface area contributed by atoms with E-state index in [1.807, 2.05) is 54.6 Å². The number of pyridine rings is 1. The molecule has 0 aliphatic carbocycles. The van der Waals surface area contributed by atoms with Gasteiger partial charge in [-0.25, -0.2) is 0 Å². The molecule has 5 rings (SSSR count). The smallest absolute Gasteiger partial charge is 0.273 e. The SMILES string of the molecule is COc1ccc(CN2C(=S)N[C@@H](c3ccccn3)[C@H]2c2ccc(-c3ccc([N+](=O)[O-])cc3OC)o2)cc1. The molecular weight excluding hydrogens is 492 g/mol. The highest BCUT2D eigenvalue weighted by atomic mass is 32.1. The molecule has 2 aromatic carbocycles. The molecular formula is C27H24N4O5S. The number of thiocarbonyl (C=S) groups is 1. The first-order chi connectivity index (χ1) is 18.0. The average Bonchev–Trinajstić information content (AvgIpc) is 3.54. The molecule has 2 aromatic heterocycles. The summed E-state index contributed by atoms with van der Waals surface area (Å²) in [4.78, 5) is 17.4. The Morgan fingerprint density at radius 1 is 1.08 bits per heavy atom. The van der Waals surface area contributed by atoms with Gasteiger partial charge in [0.1, 0.15) is 29.1 Å². The zero-order valence-electron chi connectivity index (χ0n) is 20.2. The highest BCUT2D eigenvalue weighted by molar-refractivity contribution is 7.80. The second-order valence-electron chi connectivity index (χ2n) is 8.45. The number of hydrogen-bond acceptors (Lipinski definition) is 7. The maximum atomic E-state index is 11.2. The van der Waals surface area contributed by atoms with Crippen molar-refractivity contribution in [1.82, 2.24) is 15.2 Å². The van der Waals surface area contributed by atoms with E-state index in [1.165, 1.54) is 19.2 Å². The minimum atomic E-state index is -0.459. The summed E-state index contributed by atoms with van der Waals surface area (Å²) in [7, 11) is 3.11. The largest absolute Gasteiger partial charge is 0.497 e. The van der Waals surface area contributed by atoms with Gasteiger partial charge in [0.2, 0.25) is 0 Å². The van der Waals surface area contributed by atoms with E-state index in [0.29, 0.717) is 34.5 Å². The van der Waals surface area contributed by atoms with Gasteiger partial charge in [-0.15, -0.1) is 0 Å². The Labute approximate surface area is 218 Å². The second kappa shape index (κ2) is 10.3. The summed E-state index contributed by atoms with van der Waals surface area (Å²) in [5.74, 6) is 2.34. The van der Waals surface area contributed by atoms with Crippen LogP contribution in [0.25, 0.3) is 11.3 Å². The number of nitrogens with zero attached hydrogens (tertiary/aromatic N) is 3. The standard InChI is InChI=1S/C27H24N4O5S/c1-34-19-9-6-17(7-10-19)16-30-26(25(29-27(30)37)21-5-3-4-14-28-21)23-13-12-22(36-23)20-11-8-18(31(32)33)15-24(20)35-2/h3-15,25-26H,16H2,1-2H3,(H,29,37)/t25-,26+/m0/s1. The number of nitrogens with one attached hydrogen (secondary N) is 1. The van der Waals surface area contributed by atoms with Gasteiger partial charge in [0.25, 0.3) is 5.69 Å². The molecule has 9 nitrogen and oxygen atoms in total. The predicted molar refractivity (Wildman–Crippen MR) is 141 cm³/mol. The van der Waals surface area contributed by atoms with Crippen molar-refractivity contribution in [2.45, 2.75) is 18.6 Å². The molecule has 4 aromatic rings. The Hall–Kier alpha value is -4.44. The zero-order chi connectivity index (χ0) is 25.9. The van der Waals surface area contributed by atoms with Crippen molar-refractivity contribution in [3.05, 3.63) is 106 Å². The summed E-state index contributed by atoms with van der Waals surface area (Å²) in [5, 5.41) is 15.2. The third-order valence-electron chi connectivity index (χ3n) is 6.29. The van der Waals surface area contributed by atoms with Crippen LogP contribution in [0.5, 0.6) is 11.5 Å². The molecule has 3 heterocycles. The summed E-state index contributed by atoms with van der Waals surface area (Å²) < 4.78 is 17.1. The summed E-state index contributed by atoms with van der Waals surface area (Å²) in [6.45, 7) is 0.542. The number of benzene rings is 2. The van der Waals surface area contributed by atoms with Crippen molar-refractivity contribution in [3.63, 3.8) is 0 Å². The van der Waals surface area contributed by atoms with Gasteiger partial charge >= 0.3 is 0 Å².